The minimum Gasteiger partial charge on any atom is -0.398 e. The summed E-state index contributed by atoms with van der Waals surface area (Å²) in [5.41, 5.74) is 5.70. The van der Waals surface area contributed by atoms with Crippen molar-refractivity contribution in [2.45, 2.75) is 6.92 Å². The van der Waals surface area contributed by atoms with E-state index in [2.05, 4.69) is 17.2 Å². The normalized spacial score (nSPS) is 9.19. The second-order valence-electron chi connectivity index (χ2n) is 3.07. The van der Waals surface area contributed by atoms with Crippen LogP contribution >= 0.6 is 0 Å². The molecule has 0 unspecified atom stereocenters. The Morgan fingerprint density at radius 1 is 1.44 bits per heavy atom. The first-order valence-corrected chi connectivity index (χ1v) is 4.48. The van der Waals surface area contributed by atoms with Crippen molar-refractivity contribution in [2.24, 2.45) is 0 Å². The van der Waals surface area contributed by atoms with Crippen LogP contribution in [0.4, 0.5) is 14.5 Å². The summed E-state index contributed by atoms with van der Waals surface area (Å²) in [6.45, 7) is 1.49. The fourth-order valence-corrected chi connectivity index (χ4v) is 0.979. The molecule has 0 fully saturated rings. The van der Waals surface area contributed by atoms with Gasteiger partial charge in [-0.2, -0.15) is 0 Å². The molecule has 1 aromatic carbocycles. The number of carbonyl (C=O) groups excluding carboxylic acids is 1. The van der Waals surface area contributed by atoms with Gasteiger partial charge in [0.25, 0.3) is 0 Å². The zero-order chi connectivity index (χ0) is 12.1. The van der Waals surface area contributed by atoms with Crippen molar-refractivity contribution in [3.63, 3.8) is 0 Å². The number of nitrogens with one attached hydrogen (secondary N) is 1. The van der Waals surface area contributed by atoms with E-state index in [-0.39, 0.29) is 23.7 Å². The molecule has 0 aliphatic heterocycles. The number of amides is 1. The Kier molecular flexibility index (Phi) is 3.84. The highest BCUT2D eigenvalue weighted by Crippen LogP contribution is 2.15. The minimum atomic E-state index is -1.01. The molecule has 0 saturated carbocycles. The second kappa shape index (κ2) is 5.12. The summed E-state index contributed by atoms with van der Waals surface area (Å²) >= 11 is 0. The fourth-order valence-electron chi connectivity index (χ4n) is 0.979. The Morgan fingerprint density at radius 2 is 2.06 bits per heavy atom. The lowest BCUT2D eigenvalue weighted by molar-refractivity contribution is -0.118. The van der Waals surface area contributed by atoms with Crippen LogP contribution in [0.5, 0.6) is 0 Å². The Morgan fingerprint density at radius 3 is 2.69 bits per heavy atom. The van der Waals surface area contributed by atoms with E-state index in [9.17, 15) is 13.6 Å². The van der Waals surface area contributed by atoms with Gasteiger partial charge in [0.2, 0.25) is 5.91 Å². The van der Waals surface area contributed by atoms with Crippen LogP contribution in [-0.4, -0.2) is 12.5 Å². The lowest BCUT2D eigenvalue weighted by Crippen LogP contribution is -2.19. The van der Waals surface area contributed by atoms with E-state index in [0.717, 1.165) is 12.1 Å². The number of nitrogen functional groups attached to an aromatic ring is 1. The number of benzene rings is 1. The summed E-state index contributed by atoms with van der Waals surface area (Å²) < 4.78 is 25.5. The number of carbonyl (C=O) groups is 1. The molecule has 1 amide bonds. The quantitative estimate of drug-likeness (QED) is 0.553. The zero-order valence-corrected chi connectivity index (χ0v) is 8.60. The maximum Gasteiger partial charge on any atom is 0.217 e. The predicted octanol–water partition coefficient (Wildman–Crippen LogP) is 1.03. The molecule has 0 saturated heterocycles. The van der Waals surface area contributed by atoms with E-state index in [1.165, 1.54) is 6.92 Å². The maximum atomic E-state index is 12.8. The standard InChI is InChI=1S/C11H10F2N2O/c1-7(16)15-4-2-3-8-5-9(12)10(13)6-11(8)14/h5-6H,4,14H2,1H3,(H,15,16). The molecular formula is C11H10F2N2O. The third-order valence-corrected chi connectivity index (χ3v) is 1.74. The van der Waals surface area contributed by atoms with Crippen molar-refractivity contribution in [3.8, 4) is 11.8 Å². The van der Waals surface area contributed by atoms with Crippen molar-refractivity contribution < 1.29 is 13.6 Å². The number of nitrogens with two attached hydrogens (primary N) is 1. The van der Waals surface area contributed by atoms with Crippen LogP contribution in [0, 0.1) is 23.5 Å². The SMILES string of the molecule is CC(=O)NCC#Cc1cc(F)c(F)cc1N. The number of hydrogen-bond acceptors (Lipinski definition) is 2. The maximum absolute atomic E-state index is 12.8. The van der Waals surface area contributed by atoms with Crippen LogP contribution in [-0.2, 0) is 4.79 Å². The van der Waals surface area contributed by atoms with Crippen molar-refractivity contribution in [3.05, 3.63) is 29.3 Å². The summed E-state index contributed by atoms with van der Waals surface area (Å²) in [5.74, 6) is 2.88. The number of hydrogen-bond donors (Lipinski definition) is 2. The smallest absolute Gasteiger partial charge is 0.217 e. The summed E-state index contributed by atoms with van der Waals surface area (Å²) in [7, 11) is 0. The van der Waals surface area contributed by atoms with E-state index >= 15 is 0 Å². The highest BCUT2D eigenvalue weighted by atomic mass is 19.2. The molecule has 0 aliphatic carbocycles. The largest absolute Gasteiger partial charge is 0.398 e. The first-order valence-electron chi connectivity index (χ1n) is 4.48. The lowest BCUT2D eigenvalue weighted by atomic mass is 10.2. The van der Waals surface area contributed by atoms with Crippen molar-refractivity contribution >= 4 is 11.6 Å². The molecule has 0 aromatic heterocycles. The average Bonchev–Trinajstić information content (AvgIpc) is 2.19. The van der Waals surface area contributed by atoms with Gasteiger partial charge in [-0.1, -0.05) is 11.8 Å². The molecule has 0 radical (unpaired) electrons. The highest BCUT2D eigenvalue weighted by Gasteiger charge is 2.05. The Balaban J connectivity index is 2.81. The number of halogens is 2. The van der Waals surface area contributed by atoms with E-state index < -0.39 is 11.6 Å². The molecule has 0 spiro atoms. The van der Waals surface area contributed by atoms with E-state index in [4.69, 9.17) is 5.73 Å². The molecule has 5 heteroatoms. The Hall–Kier alpha value is -2.09. The van der Waals surface area contributed by atoms with Gasteiger partial charge in [-0.25, -0.2) is 8.78 Å². The molecule has 1 aromatic rings. The first kappa shape index (κ1) is 12.0. The van der Waals surface area contributed by atoms with E-state index in [0.29, 0.717) is 0 Å². The zero-order valence-electron chi connectivity index (χ0n) is 8.60. The van der Waals surface area contributed by atoms with Gasteiger partial charge in [0.15, 0.2) is 11.6 Å². The van der Waals surface area contributed by atoms with Crippen LogP contribution in [0.1, 0.15) is 12.5 Å². The van der Waals surface area contributed by atoms with Crippen LogP contribution in [0.25, 0.3) is 0 Å². The average molecular weight is 224 g/mol. The van der Waals surface area contributed by atoms with Gasteiger partial charge in [0.1, 0.15) is 0 Å². The van der Waals surface area contributed by atoms with Gasteiger partial charge in [-0.15, -0.1) is 0 Å². The second-order valence-corrected chi connectivity index (χ2v) is 3.07. The predicted molar refractivity (Wildman–Crippen MR) is 56.3 cm³/mol. The Bertz CT molecular complexity index is 475. The summed E-state index contributed by atoms with van der Waals surface area (Å²) in [6.07, 6.45) is 0. The van der Waals surface area contributed by atoms with E-state index in [1.54, 1.807) is 0 Å². The molecule has 0 atom stereocenters. The topological polar surface area (TPSA) is 55.1 Å². The minimum absolute atomic E-state index is 0.0641. The third kappa shape index (κ3) is 3.24. The number of anilines is 1. The van der Waals surface area contributed by atoms with Crippen molar-refractivity contribution in [1.82, 2.24) is 5.32 Å². The van der Waals surface area contributed by atoms with Gasteiger partial charge < -0.3 is 11.1 Å². The van der Waals surface area contributed by atoms with Crippen molar-refractivity contribution in [1.29, 1.82) is 0 Å². The van der Waals surface area contributed by atoms with Gasteiger partial charge >= 0.3 is 0 Å². The monoisotopic (exact) mass is 224 g/mol. The van der Waals surface area contributed by atoms with Gasteiger partial charge in [-0.05, 0) is 6.07 Å². The molecule has 0 heterocycles. The fraction of sp³-hybridized carbons (Fsp3) is 0.182. The van der Waals surface area contributed by atoms with E-state index in [1.807, 2.05) is 0 Å². The highest BCUT2D eigenvalue weighted by molar-refractivity contribution is 5.73. The molecular weight excluding hydrogens is 214 g/mol. The molecule has 84 valence electrons. The van der Waals surface area contributed by atoms with Gasteiger partial charge in [0, 0.05) is 13.0 Å². The number of rotatable bonds is 1. The van der Waals surface area contributed by atoms with Crippen molar-refractivity contribution in [2.75, 3.05) is 12.3 Å². The van der Waals surface area contributed by atoms with Crippen LogP contribution in [0.3, 0.4) is 0 Å². The third-order valence-electron chi connectivity index (χ3n) is 1.74. The van der Waals surface area contributed by atoms with Crippen LogP contribution in [0.15, 0.2) is 12.1 Å². The molecule has 1 rings (SSSR count). The lowest BCUT2D eigenvalue weighted by Gasteiger charge is -1.99. The summed E-state index contributed by atoms with van der Waals surface area (Å²) in [6, 6.07) is 1.79. The van der Waals surface area contributed by atoms with Gasteiger partial charge in [-0.3, -0.25) is 4.79 Å². The molecule has 0 aliphatic rings. The molecule has 16 heavy (non-hydrogen) atoms. The molecule has 3 N–H and O–H groups in total. The molecule has 0 bridgehead atoms. The Labute approximate surface area is 91.6 Å². The summed E-state index contributed by atoms with van der Waals surface area (Å²) in [4.78, 5) is 10.5. The van der Waals surface area contributed by atoms with Crippen LogP contribution < -0.4 is 11.1 Å². The van der Waals surface area contributed by atoms with Crippen LogP contribution in [0.2, 0.25) is 0 Å². The van der Waals surface area contributed by atoms with Gasteiger partial charge in [0.05, 0.1) is 17.8 Å². The molecule has 3 nitrogen and oxygen atoms in total. The summed E-state index contributed by atoms with van der Waals surface area (Å²) in [5, 5.41) is 2.44. The first-order chi connectivity index (χ1) is 7.50.